The molecule has 1 aliphatic rings. The fourth-order valence-electron chi connectivity index (χ4n) is 1.31. The molecule has 6 nitrogen and oxygen atoms in total. The van der Waals surface area contributed by atoms with E-state index in [0.29, 0.717) is 0 Å². The van der Waals surface area contributed by atoms with E-state index in [9.17, 15) is 14.4 Å². The Morgan fingerprint density at radius 2 is 2.07 bits per heavy atom. The van der Waals surface area contributed by atoms with Crippen molar-refractivity contribution in [2.45, 2.75) is 13.0 Å². The van der Waals surface area contributed by atoms with E-state index in [0.717, 1.165) is 4.90 Å². The van der Waals surface area contributed by atoms with Crippen LogP contribution in [0.1, 0.15) is 6.92 Å². The average molecular weight is 200 g/mol. The van der Waals surface area contributed by atoms with Crippen molar-refractivity contribution < 1.29 is 19.5 Å². The number of rotatable bonds is 2. The van der Waals surface area contributed by atoms with E-state index in [1.165, 1.54) is 11.9 Å². The van der Waals surface area contributed by atoms with Crippen LogP contribution in [0.25, 0.3) is 0 Å². The maximum atomic E-state index is 11.3. The van der Waals surface area contributed by atoms with E-state index < -0.39 is 24.3 Å². The van der Waals surface area contributed by atoms with Crippen molar-refractivity contribution in [1.82, 2.24) is 9.80 Å². The van der Waals surface area contributed by atoms with Crippen molar-refractivity contribution >= 4 is 17.8 Å². The van der Waals surface area contributed by atoms with Gasteiger partial charge in [0.25, 0.3) is 0 Å². The van der Waals surface area contributed by atoms with Crippen LogP contribution in [0.4, 0.5) is 0 Å². The summed E-state index contributed by atoms with van der Waals surface area (Å²) in [6.07, 6.45) is 0. The maximum Gasteiger partial charge on any atom is 0.323 e. The minimum Gasteiger partial charge on any atom is -0.480 e. The van der Waals surface area contributed by atoms with Gasteiger partial charge in [0.2, 0.25) is 0 Å². The first-order valence-electron chi connectivity index (χ1n) is 4.21. The second-order valence-corrected chi connectivity index (χ2v) is 3.34. The Morgan fingerprint density at radius 1 is 1.50 bits per heavy atom. The summed E-state index contributed by atoms with van der Waals surface area (Å²) < 4.78 is 0. The SMILES string of the molecule is CC1CN(CC(=O)O)C(=O)C(=O)N1C. The molecule has 14 heavy (non-hydrogen) atoms. The molecule has 0 aromatic carbocycles. The minimum absolute atomic E-state index is 0.139. The molecule has 78 valence electrons. The average Bonchev–Trinajstić information content (AvgIpc) is 2.10. The molecule has 0 aliphatic carbocycles. The van der Waals surface area contributed by atoms with E-state index in [1.807, 2.05) is 0 Å². The number of aliphatic carboxylic acids is 1. The van der Waals surface area contributed by atoms with Crippen LogP contribution in [0.3, 0.4) is 0 Å². The Bertz CT molecular complexity index is 289. The molecule has 1 atom stereocenters. The summed E-state index contributed by atoms with van der Waals surface area (Å²) in [6, 6.07) is -0.139. The monoisotopic (exact) mass is 200 g/mol. The first-order chi connectivity index (χ1) is 6.43. The van der Waals surface area contributed by atoms with Gasteiger partial charge in [-0.05, 0) is 6.92 Å². The third kappa shape index (κ3) is 1.84. The molecule has 0 spiro atoms. The molecular weight excluding hydrogens is 188 g/mol. The maximum absolute atomic E-state index is 11.3. The summed E-state index contributed by atoms with van der Waals surface area (Å²) in [7, 11) is 1.53. The lowest BCUT2D eigenvalue weighted by atomic mass is 10.2. The first-order valence-corrected chi connectivity index (χ1v) is 4.21. The molecule has 1 N–H and O–H groups in total. The van der Waals surface area contributed by atoms with E-state index in [4.69, 9.17) is 5.11 Å². The number of carbonyl (C=O) groups is 3. The zero-order valence-corrected chi connectivity index (χ0v) is 8.06. The Morgan fingerprint density at radius 3 is 2.57 bits per heavy atom. The van der Waals surface area contributed by atoms with Gasteiger partial charge in [0.15, 0.2) is 0 Å². The number of amides is 2. The number of hydrogen-bond donors (Lipinski definition) is 1. The Labute approximate surface area is 81.1 Å². The van der Waals surface area contributed by atoms with Gasteiger partial charge in [0.1, 0.15) is 6.54 Å². The van der Waals surface area contributed by atoms with E-state index in [1.54, 1.807) is 6.92 Å². The molecule has 0 aromatic rings. The summed E-state index contributed by atoms with van der Waals surface area (Å²) in [5.41, 5.74) is 0. The Balaban J connectivity index is 2.75. The highest BCUT2D eigenvalue weighted by Crippen LogP contribution is 2.09. The highest BCUT2D eigenvalue weighted by atomic mass is 16.4. The Hall–Kier alpha value is -1.59. The van der Waals surface area contributed by atoms with Crippen LogP contribution in [-0.4, -0.2) is 58.9 Å². The quantitative estimate of drug-likeness (QED) is 0.565. The van der Waals surface area contributed by atoms with Crippen molar-refractivity contribution in [3.05, 3.63) is 0 Å². The van der Waals surface area contributed by atoms with Crippen molar-refractivity contribution in [2.75, 3.05) is 20.1 Å². The van der Waals surface area contributed by atoms with Crippen LogP contribution in [-0.2, 0) is 14.4 Å². The van der Waals surface area contributed by atoms with Crippen LogP contribution in [0.15, 0.2) is 0 Å². The lowest BCUT2D eigenvalue weighted by Gasteiger charge is -2.35. The van der Waals surface area contributed by atoms with Gasteiger partial charge in [-0.25, -0.2) is 0 Å². The zero-order valence-electron chi connectivity index (χ0n) is 8.06. The highest BCUT2D eigenvalue weighted by Gasteiger charge is 2.35. The van der Waals surface area contributed by atoms with Crippen LogP contribution < -0.4 is 0 Å². The molecule has 1 saturated heterocycles. The smallest absolute Gasteiger partial charge is 0.323 e. The number of likely N-dealkylation sites (N-methyl/N-ethyl adjacent to an activating group) is 1. The van der Waals surface area contributed by atoms with Crippen LogP contribution in [0.2, 0.25) is 0 Å². The number of nitrogens with zero attached hydrogens (tertiary/aromatic N) is 2. The van der Waals surface area contributed by atoms with Crippen molar-refractivity contribution in [3.8, 4) is 0 Å². The fraction of sp³-hybridized carbons (Fsp3) is 0.625. The van der Waals surface area contributed by atoms with Gasteiger partial charge in [-0.15, -0.1) is 0 Å². The predicted molar refractivity (Wildman–Crippen MR) is 46.4 cm³/mol. The van der Waals surface area contributed by atoms with Gasteiger partial charge in [0, 0.05) is 19.6 Å². The van der Waals surface area contributed by atoms with E-state index in [2.05, 4.69) is 0 Å². The molecule has 0 radical (unpaired) electrons. The molecule has 1 unspecified atom stereocenters. The van der Waals surface area contributed by atoms with Gasteiger partial charge in [-0.1, -0.05) is 0 Å². The van der Waals surface area contributed by atoms with Gasteiger partial charge in [0.05, 0.1) is 0 Å². The molecule has 0 saturated carbocycles. The summed E-state index contributed by atoms with van der Waals surface area (Å²) in [5.74, 6) is -2.50. The van der Waals surface area contributed by atoms with Crippen LogP contribution >= 0.6 is 0 Å². The normalized spacial score (nSPS) is 22.9. The number of carbonyl (C=O) groups excluding carboxylic acids is 2. The van der Waals surface area contributed by atoms with E-state index in [-0.39, 0.29) is 12.6 Å². The summed E-state index contributed by atoms with van der Waals surface area (Å²) >= 11 is 0. The second-order valence-electron chi connectivity index (χ2n) is 3.34. The number of hydrogen-bond acceptors (Lipinski definition) is 3. The molecule has 1 rings (SSSR count). The lowest BCUT2D eigenvalue weighted by Crippen LogP contribution is -2.58. The van der Waals surface area contributed by atoms with Crippen molar-refractivity contribution in [3.63, 3.8) is 0 Å². The van der Waals surface area contributed by atoms with Gasteiger partial charge >= 0.3 is 17.8 Å². The summed E-state index contributed by atoms with van der Waals surface area (Å²) in [6.45, 7) is 1.62. The molecule has 1 fully saturated rings. The largest absolute Gasteiger partial charge is 0.480 e. The van der Waals surface area contributed by atoms with E-state index >= 15 is 0 Å². The minimum atomic E-state index is -1.11. The molecular formula is C8H12N2O4. The Kier molecular flexibility index (Phi) is 2.73. The molecule has 1 aliphatic heterocycles. The van der Waals surface area contributed by atoms with Gasteiger partial charge in [-0.3, -0.25) is 14.4 Å². The molecule has 2 amide bonds. The first kappa shape index (κ1) is 10.5. The molecule has 0 aromatic heterocycles. The van der Waals surface area contributed by atoms with Gasteiger partial charge < -0.3 is 14.9 Å². The highest BCUT2D eigenvalue weighted by molar-refractivity contribution is 6.35. The summed E-state index contributed by atoms with van der Waals surface area (Å²) in [4.78, 5) is 35.3. The number of carboxylic acids is 1. The van der Waals surface area contributed by atoms with Gasteiger partial charge in [-0.2, -0.15) is 0 Å². The second kappa shape index (κ2) is 3.65. The van der Waals surface area contributed by atoms with Crippen molar-refractivity contribution in [1.29, 1.82) is 0 Å². The number of piperazine rings is 1. The number of carboxylic acid groups (broad SMARTS) is 1. The van der Waals surface area contributed by atoms with Crippen LogP contribution in [0.5, 0.6) is 0 Å². The molecule has 1 heterocycles. The lowest BCUT2D eigenvalue weighted by molar-refractivity contribution is -0.159. The van der Waals surface area contributed by atoms with Crippen LogP contribution in [0, 0.1) is 0 Å². The molecule has 6 heteroatoms. The fourth-order valence-corrected chi connectivity index (χ4v) is 1.31. The van der Waals surface area contributed by atoms with Crippen molar-refractivity contribution in [2.24, 2.45) is 0 Å². The topological polar surface area (TPSA) is 77.9 Å². The predicted octanol–water partition coefficient (Wildman–Crippen LogP) is -1.24. The standard InChI is InChI=1S/C8H12N2O4/c1-5-3-10(4-6(11)12)8(14)7(13)9(5)2/h5H,3-4H2,1-2H3,(H,11,12). The molecule has 0 bridgehead atoms. The third-order valence-corrected chi connectivity index (χ3v) is 2.26. The summed E-state index contributed by atoms with van der Waals surface area (Å²) in [5, 5.41) is 8.50. The third-order valence-electron chi connectivity index (χ3n) is 2.26. The zero-order chi connectivity index (χ0) is 10.9.